The molecule has 2 heterocycles. The minimum atomic E-state index is -0.155. The number of unbranched alkanes of at least 4 members (excludes halogenated alkanes) is 10. The maximum atomic E-state index is 13.3. The molecule has 6 nitrogen and oxygen atoms in total. The normalized spacial score (nSPS) is 11.9. The molecule has 0 atom stereocenters. The molecule has 1 aromatic carbocycles. The Hall–Kier alpha value is -2.34. The first-order chi connectivity index (χ1) is 18.7. The molecule has 0 fully saturated rings. The maximum absolute atomic E-state index is 13.3. The molecule has 0 saturated heterocycles. The Labute approximate surface area is 240 Å². The Balaban J connectivity index is 1.59. The largest absolute Gasteiger partial charge is 0.342 e. The van der Waals surface area contributed by atoms with Gasteiger partial charge < -0.3 is 9.88 Å². The number of rotatable bonds is 17. The van der Waals surface area contributed by atoms with Gasteiger partial charge in [-0.05, 0) is 18.4 Å². The van der Waals surface area contributed by atoms with Gasteiger partial charge in [0.25, 0.3) is 0 Å². The number of halogens is 1. The van der Waals surface area contributed by atoms with Gasteiger partial charge in [0.05, 0.1) is 12.1 Å². The molecule has 0 aliphatic rings. The first-order valence-electron chi connectivity index (χ1n) is 15.3. The Morgan fingerprint density at radius 3 is 1.90 bits per heavy atom. The van der Waals surface area contributed by atoms with E-state index >= 15 is 0 Å². The molecular formula is C32H50ClN5O. The van der Waals surface area contributed by atoms with Crippen molar-refractivity contribution in [1.29, 1.82) is 0 Å². The molecule has 0 spiro atoms. The molecule has 0 aliphatic heterocycles. The number of nitrogens with one attached hydrogen (secondary N) is 1. The van der Waals surface area contributed by atoms with E-state index < -0.39 is 0 Å². The standard InChI is InChI=1S/C32H50ClN5O/c1-6-8-10-12-14-16-22-37(23-17-15-13-11-9-7-2)27(39)24-25-18-20-26(21-19-25)30-34-31-28(33)29(32(3,4)5)35-38(31)36-30/h18-21H,6-17,22-24H2,1-5H3,(H,34,36). The fraction of sp³-hybridized carbons (Fsp3) is 0.656. The third-order valence-electron chi connectivity index (χ3n) is 7.45. The van der Waals surface area contributed by atoms with Crippen LogP contribution in [0.2, 0.25) is 5.02 Å². The summed E-state index contributed by atoms with van der Waals surface area (Å²) in [5.74, 6) is 0.952. The quantitative estimate of drug-likeness (QED) is 0.169. The van der Waals surface area contributed by atoms with Crippen molar-refractivity contribution in [2.24, 2.45) is 0 Å². The number of hydrogen-bond acceptors (Lipinski definition) is 3. The number of carbonyl (C=O) groups is 1. The van der Waals surface area contributed by atoms with E-state index in [0.29, 0.717) is 22.9 Å². The molecule has 2 aromatic heterocycles. The second-order valence-corrected chi connectivity index (χ2v) is 12.4. The van der Waals surface area contributed by atoms with Crippen LogP contribution in [0.25, 0.3) is 17.0 Å². The lowest BCUT2D eigenvalue weighted by Crippen LogP contribution is -2.34. The summed E-state index contributed by atoms with van der Waals surface area (Å²) < 4.78 is 1.58. The number of aromatic amines is 1. The van der Waals surface area contributed by atoms with Crippen LogP contribution in [0.3, 0.4) is 0 Å². The monoisotopic (exact) mass is 555 g/mol. The Bertz CT molecular complexity index is 1130. The minimum Gasteiger partial charge on any atom is -0.342 e. The van der Waals surface area contributed by atoms with Crippen LogP contribution in [0.15, 0.2) is 24.3 Å². The van der Waals surface area contributed by atoms with Gasteiger partial charge >= 0.3 is 0 Å². The Kier molecular flexibility index (Phi) is 12.4. The van der Waals surface area contributed by atoms with Gasteiger partial charge in [-0.25, -0.2) is 0 Å². The second-order valence-electron chi connectivity index (χ2n) is 12.0. The molecule has 7 heteroatoms. The van der Waals surface area contributed by atoms with Crippen LogP contribution in [0, 0.1) is 0 Å². The van der Waals surface area contributed by atoms with Crippen molar-refractivity contribution in [3.8, 4) is 11.4 Å². The van der Waals surface area contributed by atoms with Crippen molar-refractivity contribution in [2.75, 3.05) is 13.1 Å². The van der Waals surface area contributed by atoms with Crippen LogP contribution in [-0.2, 0) is 16.6 Å². The van der Waals surface area contributed by atoms with E-state index in [9.17, 15) is 4.79 Å². The highest BCUT2D eigenvalue weighted by Crippen LogP contribution is 2.31. The zero-order valence-electron chi connectivity index (χ0n) is 25.0. The minimum absolute atomic E-state index is 0.155. The summed E-state index contributed by atoms with van der Waals surface area (Å²) in [7, 11) is 0. The van der Waals surface area contributed by atoms with Gasteiger partial charge in [0, 0.05) is 24.1 Å². The fourth-order valence-corrected chi connectivity index (χ4v) is 5.45. The molecule has 1 amide bonds. The lowest BCUT2D eigenvalue weighted by Gasteiger charge is -2.23. The number of nitrogens with zero attached hydrogens (tertiary/aromatic N) is 4. The summed E-state index contributed by atoms with van der Waals surface area (Å²) in [5.41, 5.74) is 3.36. The average molecular weight is 556 g/mol. The topological polar surface area (TPSA) is 66.3 Å². The molecule has 0 aliphatic carbocycles. The van der Waals surface area contributed by atoms with Crippen molar-refractivity contribution in [1.82, 2.24) is 24.7 Å². The summed E-state index contributed by atoms with van der Waals surface area (Å²) in [6.07, 6.45) is 15.4. The Morgan fingerprint density at radius 2 is 1.38 bits per heavy atom. The first kappa shape index (κ1) is 31.2. The third-order valence-corrected chi connectivity index (χ3v) is 7.81. The van der Waals surface area contributed by atoms with Gasteiger partial charge in [-0.15, -0.1) is 9.73 Å². The molecule has 1 N–H and O–H groups in total. The van der Waals surface area contributed by atoms with Crippen molar-refractivity contribution < 1.29 is 4.79 Å². The van der Waals surface area contributed by atoms with E-state index in [2.05, 4.69) is 54.7 Å². The van der Waals surface area contributed by atoms with E-state index in [1.165, 1.54) is 64.2 Å². The molecule has 0 bridgehead atoms. The van der Waals surface area contributed by atoms with Crippen molar-refractivity contribution in [3.05, 3.63) is 40.5 Å². The zero-order chi connectivity index (χ0) is 28.3. The molecule has 39 heavy (non-hydrogen) atoms. The number of aromatic nitrogens is 4. The average Bonchev–Trinajstić information content (AvgIpc) is 3.46. The number of fused-ring (bicyclic) bond motifs is 1. The van der Waals surface area contributed by atoms with Gasteiger partial charge in [-0.2, -0.15) is 5.10 Å². The van der Waals surface area contributed by atoms with Crippen LogP contribution < -0.4 is 0 Å². The predicted molar refractivity (Wildman–Crippen MR) is 164 cm³/mol. The van der Waals surface area contributed by atoms with Crippen molar-refractivity contribution >= 4 is 23.2 Å². The van der Waals surface area contributed by atoms with Crippen molar-refractivity contribution in [3.63, 3.8) is 0 Å². The summed E-state index contributed by atoms with van der Waals surface area (Å²) >= 11 is 6.59. The van der Waals surface area contributed by atoms with Gasteiger partial charge in [-0.1, -0.05) is 135 Å². The summed E-state index contributed by atoms with van der Waals surface area (Å²) in [5, 5.41) is 9.81. The number of hydrogen-bond donors (Lipinski definition) is 1. The van der Waals surface area contributed by atoms with E-state index in [1.54, 1.807) is 4.63 Å². The molecule has 0 unspecified atom stereocenters. The highest BCUT2D eigenvalue weighted by atomic mass is 35.5. The third kappa shape index (κ3) is 9.37. The fourth-order valence-electron chi connectivity index (χ4n) is 5.00. The first-order valence-corrected chi connectivity index (χ1v) is 15.6. The Morgan fingerprint density at radius 1 is 0.846 bits per heavy atom. The van der Waals surface area contributed by atoms with E-state index in [0.717, 1.165) is 42.8 Å². The highest BCUT2D eigenvalue weighted by molar-refractivity contribution is 6.34. The summed E-state index contributed by atoms with van der Waals surface area (Å²) in [4.78, 5) is 18.7. The van der Waals surface area contributed by atoms with Crippen LogP contribution in [0.5, 0.6) is 0 Å². The maximum Gasteiger partial charge on any atom is 0.226 e. The lowest BCUT2D eigenvalue weighted by molar-refractivity contribution is -0.130. The summed E-state index contributed by atoms with van der Waals surface area (Å²) in [6.45, 7) is 12.5. The van der Waals surface area contributed by atoms with Crippen LogP contribution in [0.1, 0.15) is 123 Å². The molecule has 0 radical (unpaired) electrons. The van der Waals surface area contributed by atoms with Crippen molar-refractivity contribution in [2.45, 2.75) is 124 Å². The molecule has 216 valence electrons. The molecule has 3 aromatic rings. The smallest absolute Gasteiger partial charge is 0.226 e. The van der Waals surface area contributed by atoms with E-state index in [-0.39, 0.29) is 11.3 Å². The zero-order valence-corrected chi connectivity index (χ0v) is 25.7. The van der Waals surface area contributed by atoms with Crippen LogP contribution >= 0.6 is 11.6 Å². The lowest BCUT2D eigenvalue weighted by atomic mass is 9.92. The van der Waals surface area contributed by atoms with Crippen LogP contribution in [0.4, 0.5) is 0 Å². The van der Waals surface area contributed by atoms with Crippen LogP contribution in [-0.4, -0.2) is 43.7 Å². The van der Waals surface area contributed by atoms with E-state index in [1.807, 2.05) is 24.3 Å². The number of benzene rings is 1. The van der Waals surface area contributed by atoms with Gasteiger partial charge in [0.15, 0.2) is 11.5 Å². The highest BCUT2D eigenvalue weighted by Gasteiger charge is 2.25. The molecular weight excluding hydrogens is 506 g/mol. The second kappa shape index (κ2) is 15.4. The number of H-pyrrole nitrogens is 1. The van der Waals surface area contributed by atoms with Gasteiger partial charge in [0.2, 0.25) is 5.91 Å². The molecule has 3 rings (SSSR count). The van der Waals surface area contributed by atoms with E-state index in [4.69, 9.17) is 11.6 Å². The number of amides is 1. The predicted octanol–water partition coefficient (Wildman–Crippen LogP) is 8.77. The molecule has 0 saturated carbocycles. The number of carbonyl (C=O) groups excluding carboxylic acids is 1. The van der Waals surface area contributed by atoms with Gasteiger partial charge in [0.1, 0.15) is 5.02 Å². The van der Waals surface area contributed by atoms with Gasteiger partial charge in [-0.3, -0.25) is 4.79 Å². The summed E-state index contributed by atoms with van der Waals surface area (Å²) in [6, 6.07) is 8.11. The SMILES string of the molecule is CCCCCCCCN(CCCCCCCC)C(=O)Cc1ccc(-c2nn3nc(C(C)(C)C)c(Cl)c3[nH]2)cc1.